The van der Waals surface area contributed by atoms with Gasteiger partial charge >= 0.3 is 5.69 Å². The largest absolute Gasteiger partial charge is 0.394 e. The molecule has 0 spiro atoms. The molecule has 1 aromatic rings. The van der Waals surface area contributed by atoms with Crippen molar-refractivity contribution < 1.29 is 10.0 Å². The molecule has 1 heterocycles. The van der Waals surface area contributed by atoms with Gasteiger partial charge in [0.05, 0.1) is 17.1 Å². The van der Waals surface area contributed by atoms with E-state index in [0.29, 0.717) is 0 Å². The normalized spacial score (nSPS) is 17.3. The Morgan fingerprint density at radius 2 is 2.35 bits per heavy atom. The Kier molecular flexibility index (Phi) is 2.97. The number of anilines is 1. The van der Waals surface area contributed by atoms with E-state index < -0.39 is 10.5 Å². The summed E-state index contributed by atoms with van der Waals surface area (Å²) in [7, 11) is 0. The molecule has 0 atom stereocenters. The van der Waals surface area contributed by atoms with Gasteiger partial charge in [0, 0.05) is 12.3 Å². The Labute approximate surface area is 98.8 Å². The van der Waals surface area contributed by atoms with Gasteiger partial charge in [-0.15, -0.1) is 0 Å². The van der Waals surface area contributed by atoms with Gasteiger partial charge in [-0.3, -0.25) is 10.1 Å². The lowest BCUT2D eigenvalue weighted by Crippen LogP contribution is -2.48. The maximum absolute atomic E-state index is 10.9. The van der Waals surface area contributed by atoms with E-state index in [1.54, 1.807) is 13.1 Å². The molecule has 0 radical (unpaired) electrons. The van der Waals surface area contributed by atoms with Crippen molar-refractivity contribution in [1.29, 1.82) is 0 Å². The molecule has 2 N–H and O–H groups in total. The molecule has 2 rings (SSSR count). The van der Waals surface area contributed by atoms with Crippen LogP contribution in [0.15, 0.2) is 12.3 Å². The first kappa shape index (κ1) is 11.8. The van der Waals surface area contributed by atoms with Gasteiger partial charge in [-0.1, -0.05) is 0 Å². The fourth-order valence-electron chi connectivity index (χ4n) is 1.97. The van der Waals surface area contributed by atoms with E-state index in [1.807, 2.05) is 0 Å². The van der Waals surface area contributed by atoms with Crippen molar-refractivity contribution in [3.8, 4) is 0 Å². The number of nitro groups is 1. The van der Waals surface area contributed by atoms with Crippen molar-refractivity contribution in [2.24, 2.45) is 0 Å². The van der Waals surface area contributed by atoms with Gasteiger partial charge < -0.3 is 10.4 Å². The van der Waals surface area contributed by atoms with Crippen LogP contribution in [0.4, 0.5) is 11.5 Å². The van der Waals surface area contributed by atoms with Gasteiger partial charge in [-0.05, 0) is 31.7 Å². The first-order valence-electron chi connectivity index (χ1n) is 5.56. The maximum Gasteiger partial charge on any atom is 0.311 e. The second kappa shape index (κ2) is 4.29. The van der Waals surface area contributed by atoms with Crippen molar-refractivity contribution in [3.63, 3.8) is 0 Å². The minimum Gasteiger partial charge on any atom is -0.394 e. The van der Waals surface area contributed by atoms with Crippen LogP contribution < -0.4 is 5.32 Å². The summed E-state index contributed by atoms with van der Waals surface area (Å²) in [4.78, 5) is 14.5. The van der Waals surface area contributed by atoms with Gasteiger partial charge in [0.2, 0.25) is 5.82 Å². The molecular weight excluding hydrogens is 222 g/mol. The van der Waals surface area contributed by atoms with Crippen molar-refractivity contribution in [1.82, 2.24) is 4.98 Å². The fraction of sp³-hybridized carbons (Fsp3) is 0.545. The Bertz CT molecular complexity index is 438. The number of rotatable bonds is 4. The van der Waals surface area contributed by atoms with Crippen LogP contribution in [0.2, 0.25) is 0 Å². The lowest BCUT2D eigenvalue weighted by molar-refractivity contribution is -0.384. The number of nitrogens with zero attached hydrogens (tertiary/aromatic N) is 2. The molecule has 1 aromatic heterocycles. The van der Waals surface area contributed by atoms with E-state index in [-0.39, 0.29) is 18.1 Å². The second-order valence-corrected chi connectivity index (χ2v) is 4.55. The van der Waals surface area contributed by atoms with Crippen LogP contribution in [-0.4, -0.2) is 27.2 Å². The summed E-state index contributed by atoms with van der Waals surface area (Å²) in [6.07, 6.45) is 4.23. The third-order valence-corrected chi connectivity index (χ3v) is 3.20. The van der Waals surface area contributed by atoms with Crippen LogP contribution in [0.25, 0.3) is 0 Å². The number of aryl methyl sites for hydroxylation is 1. The van der Waals surface area contributed by atoms with Crippen LogP contribution >= 0.6 is 0 Å². The van der Waals surface area contributed by atoms with Gasteiger partial charge in [0.15, 0.2) is 0 Å². The highest BCUT2D eigenvalue weighted by molar-refractivity contribution is 5.58. The highest BCUT2D eigenvalue weighted by Gasteiger charge is 2.38. The Hall–Kier alpha value is -1.69. The third kappa shape index (κ3) is 2.21. The second-order valence-electron chi connectivity index (χ2n) is 4.55. The predicted molar refractivity (Wildman–Crippen MR) is 62.9 cm³/mol. The molecule has 0 unspecified atom stereocenters. The monoisotopic (exact) mass is 237 g/mol. The predicted octanol–water partition coefficient (Wildman–Crippen LogP) is 1.63. The molecule has 6 nitrogen and oxygen atoms in total. The summed E-state index contributed by atoms with van der Waals surface area (Å²) in [5.74, 6) is 0.245. The average molecular weight is 237 g/mol. The van der Waals surface area contributed by atoms with E-state index in [2.05, 4.69) is 10.3 Å². The summed E-state index contributed by atoms with van der Waals surface area (Å²) < 4.78 is 0. The molecule has 1 saturated carbocycles. The molecular formula is C11H15N3O3. The van der Waals surface area contributed by atoms with E-state index in [4.69, 9.17) is 0 Å². The molecule has 0 aromatic carbocycles. The van der Waals surface area contributed by atoms with Gasteiger partial charge in [-0.25, -0.2) is 4.98 Å². The smallest absolute Gasteiger partial charge is 0.311 e. The summed E-state index contributed by atoms with van der Waals surface area (Å²) in [5, 5.41) is 23.3. The molecule has 1 aliphatic rings. The van der Waals surface area contributed by atoms with E-state index in [0.717, 1.165) is 24.8 Å². The molecule has 6 heteroatoms. The first-order valence-corrected chi connectivity index (χ1v) is 5.56. The minimum atomic E-state index is -0.452. The van der Waals surface area contributed by atoms with E-state index in [9.17, 15) is 15.2 Å². The average Bonchev–Trinajstić information content (AvgIpc) is 2.25. The Balaban J connectivity index is 2.29. The zero-order valence-electron chi connectivity index (χ0n) is 9.64. The van der Waals surface area contributed by atoms with Gasteiger partial charge in [-0.2, -0.15) is 0 Å². The van der Waals surface area contributed by atoms with Crippen LogP contribution in [-0.2, 0) is 0 Å². The Morgan fingerprint density at radius 3 is 2.82 bits per heavy atom. The van der Waals surface area contributed by atoms with Crippen LogP contribution in [0.1, 0.15) is 24.8 Å². The van der Waals surface area contributed by atoms with E-state index in [1.165, 1.54) is 6.07 Å². The van der Waals surface area contributed by atoms with Crippen molar-refractivity contribution in [2.75, 3.05) is 11.9 Å². The zero-order valence-corrected chi connectivity index (χ0v) is 9.64. The molecule has 0 aliphatic heterocycles. The van der Waals surface area contributed by atoms with Crippen LogP contribution in [0.3, 0.4) is 0 Å². The number of nitrogens with one attached hydrogen (secondary N) is 1. The maximum atomic E-state index is 10.9. The Morgan fingerprint density at radius 1 is 1.65 bits per heavy atom. The molecule has 0 amide bonds. The zero-order chi connectivity index (χ0) is 12.5. The summed E-state index contributed by atoms with van der Waals surface area (Å²) in [6.45, 7) is 1.73. The third-order valence-electron chi connectivity index (χ3n) is 3.20. The molecule has 1 fully saturated rings. The van der Waals surface area contributed by atoms with E-state index >= 15 is 0 Å². The molecule has 17 heavy (non-hydrogen) atoms. The van der Waals surface area contributed by atoms with Gasteiger partial charge in [0.25, 0.3) is 0 Å². The number of aromatic nitrogens is 1. The number of hydrogen-bond acceptors (Lipinski definition) is 5. The quantitative estimate of drug-likeness (QED) is 0.613. The fourth-order valence-corrected chi connectivity index (χ4v) is 1.97. The number of pyridine rings is 1. The van der Waals surface area contributed by atoms with Crippen molar-refractivity contribution in [2.45, 2.75) is 31.7 Å². The van der Waals surface area contributed by atoms with Gasteiger partial charge in [0.1, 0.15) is 0 Å². The summed E-state index contributed by atoms with van der Waals surface area (Å²) >= 11 is 0. The highest BCUT2D eigenvalue weighted by Crippen LogP contribution is 2.36. The summed E-state index contributed by atoms with van der Waals surface area (Å²) in [5.41, 5.74) is 0.283. The molecule has 0 bridgehead atoms. The number of hydrogen-bond donors (Lipinski definition) is 2. The lowest BCUT2D eigenvalue weighted by Gasteiger charge is -2.41. The topological polar surface area (TPSA) is 88.3 Å². The molecule has 92 valence electrons. The molecule has 1 aliphatic carbocycles. The highest BCUT2D eigenvalue weighted by atomic mass is 16.6. The van der Waals surface area contributed by atoms with Crippen LogP contribution in [0.5, 0.6) is 0 Å². The van der Waals surface area contributed by atoms with Crippen molar-refractivity contribution in [3.05, 3.63) is 27.9 Å². The standard InChI is InChI=1S/C11H15N3O3/c1-8-5-9(14(16)17)10(12-6-8)13-11(7-15)3-2-4-11/h5-6,15H,2-4,7H2,1H3,(H,12,13). The van der Waals surface area contributed by atoms with Crippen LogP contribution in [0, 0.1) is 17.0 Å². The number of aliphatic hydroxyl groups excluding tert-OH is 1. The SMILES string of the molecule is Cc1cnc(NC2(CO)CCC2)c([N+](=O)[O-])c1. The first-order chi connectivity index (χ1) is 8.06. The molecule has 0 saturated heterocycles. The lowest BCUT2D eigenvalue weighted by atomic mass is 9.77. The number of aliphatic hydroxyl groups is 1. The minimum absolute atomic E-state index is 0.0281. The van der Waals surface area contributed by atoms with Crippen molar-refractivity contribution >= 4 is 11.5 Å². The summed E-state index contributed by atoms with van der Waals surface area (Å²) in [6, 6.07) is 1.49.